The summed E-state index contributed by atoms with van der Waals surface area (Å²) >= 11 is 1.88. The van der Waals surface area contributed by atoms with Crippen LogP contribution in [0.3, 0.4) is 0 Å². The van der Waals surface area contributed by atoms with E-state index in [0.29, 0.717) is 6.10 Å². The lowest BCUT2D eigenvalue weighted by atomic mass is 9.96. The van der Waals surface area contributed by atoms with Gasteiger partial charge in [0.1, 0.15) is 0 Å². The molecule has 2 aromatic rings. The minimum Gasteiger partial charge on any atom is -0.373 e. The molecule has 1 aromatic heterocycles. The molecule has 1 N–H and O–H groups in total. The Kier molecular flexibility index (Phi) is 3.64. The van der Waals surface area contributed by atoms with Crippen LogP contribution in [0, 0.1) is 0 Å². The van der Waals surface area contributed by atoms with E-state index in [2.05, 4.69) is 29.6 Å². The highest BCUT2D eigenvalue weighted by Gasteiger charge is 2.19. The summed E-state index contributed by atoms with van der Waals surface area (Å²) in [5, 5.41) is 4.62. The number of benzene rings is 1. The van der Waals surface area contributed by atoms with Gasteiger partial charge in [0.25, 0.3) is 0 Å². The topological polar surface area (TPSA) is 21.3 Å². The quantitative estimate of drug-likeness (QED) is 0.886. The number of hydrogen-bond acceptors (Lipinski definition) is 3. The second-order valence-corrected chi connectivity index (χ2v) is 6.03. The van der Waals surface area contributed by atoms with Crippen LogP contribution in [0.25, 0.3) is 10.1 Å². The first-order chi connectivity index (χ1) is 8.88. The SMILES string of the molecule is CNCc1sc2ccccc2c1COC1CCC1. The predicted molar refractivity (Wildman–Crippen MR) is 77.0 cm³/mol. The maximum atomic E-state index is 6.00. The van der Waals surface area contributed by atoms with E-state index < -0.39 is 0 Å². The lowest BCUT2D eigenvalue weighted by Gasteiger charge is -2.25. The van der Waals surface area contributed by atoms with Crippen LogP contribution in [-0.2, 0) is 17.9 Å². The van der Waals surface area contributed by atoms with Crippen molar-refractivity contribution in [3.63, 3.8) is 0 Å². The van der Waals surface area contributed by atoms with E-state index >= 15 is 0 Å². The molecule has 3 heteroatoms. The third-order valence-corrected chi connectivity index (χ3v) is 4.85. The molecule has 0 bridgehead atoms. The van der Waals surface area contributed by atoms with Crippen LogP contribution in [-0.4, -0.2) is 13.2 Å². The van der Waals surface area contributed by atoms with E-state index in [1.54, 1.807) is 0 Å². The predicted octanol–water partition coefficient (Wildman–Crippen LogP) is 3.69. The van der Waals surface area contributed by atoms with Gasteiger partial charge in [0.15, 0.2) is 0 Å². The molecule has 0 amide bonds. The Morgan fingerprint density at radius 1 is 1.33 bits per heavy atom. The van der Waals surface area contributed by atoms with Gasteiger partial charge in [-0.25, -0.2) is 0 Å². The van der Waals surface area contributed by atoms with Crippen molar-refractivity contribution in [2.24, 2.45) is 0 Å². The Morgan fingerprint density at radius 3 is 2.89 bits per heavy atom. The van der Waals surface area contributed by atoms with Gasteiger partial charge in [-0.2, -0.15) is 0 Å². The Bertz CT molecular complexity index is 530. The first-order valence-corrected chi connectivity index (χ1v) is 7.45. The minimum absolute atomic E-state index is 0.506. The second-order valence-electron chi connectivity index (χ2n) is 4.89. The number of ether oxygens (including phenoxy) is 1. The molecule has 1 fully saturated rings. The molecule has 96 valence electrons. The number of hydrogen-bond donors (Lipinski definition) is 1. The summed E-state index contributed by atoms with van der Waals surface area (Å²) in [5.74, 6) is 0. The molecule has 1 aromatic carbocycles. The van der Waals surface area contributed by atoms with E-state index in [1.165, 1.54) is 39.8 Å². The van der Waals surface area contributed by atoms with Gasteiger partial charge in [-0.1, -0.05) is 18.2 Å². The monoisotopic (exact) mass is 261 g/mol. The van der Waals surface area contributed by atoms with Crippen LogP contribution < -0.4 is 5.32 Å². The summed E-state index contributed by atoms with van der Waals surface area (Å²) in [4.78, 5) is 1.41. The zero-order valence-corrected chi connectivity index (χ0v) is 11.6. The number of fused-ring (bicyclic) bond motifs is 1. The van der Waals surface area contributed by atoms with Crippen LogP contribution in [0.15, 0.2) is 24.3 Å². The second kappa shape index (κ2) is 5.39. The fourth-order valence-electron chi connectivity index (χ4n) is 2.35. The van der Waals surface area contributed by atoms with Crippen LogP contribution >= 0.6 is 11.3 Å². The molecule has 0 atom stereocenters. The van der Waals surface area contributed by atoms with Gasteiger partial charge < -0.3 is 10.1 Å². The first kappa shape index (κ1) is 12.2. The lowest BCUT2D eigenvalue weighted by molar-refractivity contribution is -0.00832. The van der Waals surface area contributed by atoms with Crippen molar-refractivity contribution in [3.8, 4) is 0 Å². The molecule has 0 radical (unpaired) electrons. The number of nitrogens with one attached hydrogen (secondary N) is 1. The molecule has 1 aliphatic carbocycles. The molecule has 1 heterocycles. The van der Waals surface area contributed by atoms with E-state index in [-0.39, 0.29) is 0 Å². The van der Waals surface area contributed by atoms with E-state index in [4.69, 9.17) is 4.74 Å². The summed E-state index contributed by atoms with van der Waals surface area (Å²) in [5.41, 5.74) is 1.39. The average Bonchev–Trinajstić information content (AvgIpc) is 2.66. The largest absolute Gasteiger partial charge is 0.373 e. The molecule has 2 nitrogen and oxygen atoms in total. The van der Waals surface area contributed by atoms with Crippen molar-refractivity contribution in [3.05, 3.63) is 34.7 Å². The van der Waals surface area contributed by atoms with Gasteiger partial charge in [-0.3, -0.25) is 0 Å². The highest BCUT2D eigenvalue weighted by atomic mass is 32.1. The van der Waals surface area contributed by atoms with Crippen molar-refractivity contribution < 1.29 is 4.74 Å². The molecule has 1 saturated carbocycles. The van der Waals surface area contributed by atoms with Gasteiger partial charge in [0, 0.05) is 21.7 Å². The number of thiophene rings is 1. The van der Waals surface area contributed by atoms with E-state index in [1.807, 2.05) is 18.4 Å². The standard InChI is InChI=1S/C15H19NOS/c1-16-9-15-13(10-17-11-5-4-6-11)12-7-2-3-8-14(12)18-15/h2-3,7-8,11,16H,4-6,9-10H2,1H3. The Hall–Kier alpha value is -0.900. The first-order valence-electron chi connectivity index (χ1n) is 6.64. The maximum absolute atomic E-state index is 6.00. The van der Waals surface area contributed by atoms with E-state index in [0.717, 1.165) is 13.2 Å². The highest BCUT2D eigenvalue weighted by molar-refractivity contribution is 7.19. The molecule has 0 aliphatic heterocycles. The van der Waals surface area contributed by atoms with Crippen molar-refractivity contribution in [2.75, 3.05) is 7.05 Å². The molecule has 0 saturated heterocycles. The number of rotatable bonds is 5. The van der Waals surface area contributed by atoms with Crippen molar-refractivity contribution in [1.29, 1.82) is 0 Å². The van der Waals surface area contributed by atoms with Crippen LogP contribution in [0.1, 0.15) is 29.7 Å². The molecule has 3 rings (SSSR count). The summed E-state index contributed by atoms with van der Waals surface area (Å²) in [6.45, 7) is 1.70. The van der Waals surface area contributed by atoms with Crippen molar-refractivity contribution in [1.82, 2.24) is 5.32 Å². The smallest absolute Gasteiger partial charge is 0.0738 e. The highest BCUT2D eigenvalue weighted by Crippen LogP contribution is 2.33. The van der Waals surface area contributed by atoms with Gasteiger partial charge in [0.05, 0.1) is 12.7 Å². The fourth-order valence-corrected chi connectivity index (χ4v) is 3.57. The fraction of sp³-hybridized carbons (Fsp3) is 0.467. The Labute approximate surface area is 112 Å². The lowest BCUT2D eigenvalue weighted by Crippen LogP contribution is -2.21. The Morgan fingerprint density at radius 2 is 2.17 bits per heavy atom. The third kappa shape index (κ3) is 2.30. The summed E-state index contributed by atoms with van der Waals surface area (Å²) < 4.78 is 7.37. The third-order valence-electron chi connectivity index (χ3n) is 3.63. The van der Waals surface area contributed by atoms with Crippen molar-refractivity contribution in [2.45, 2.75) is 38.5 Å². The van der Waals surface area contributed by atoms with Gasteiger partial charge >= 0.3 is 0 Å². The summed E-state index contributed by atoms with van der Waals surface area (Å²) in [6, 6.07) is 8.64. The molecular weight excluding hydrogens is 242 g/mol. The normalized spacial score (nSPS) is 16.1. The maximum Gasteiger partial charge on any atom is 0.0738 e. The van der Waals surface area contributed by atoms with Crippen LogP contribution in [0.5, 0.6) is 0 Å². The average molecular weight is 261 g/mol. The summed E-state index contributed by atoms with van der Waals surface area (Å²) in [7, 11) is 2.00. The molecule has 1 aliphatic rings. The van der Waals surface area contributed by atoms with E-state index in [9.17, 15) is 0 Å². The Balaban J connectivity index is 1.87. The zero-order chi connectivity index (χ0) is 12.4. The van der Waals surface area contributed by atoms with Gasteiger partial charge in [-0.15, -0.1) is 11.3 Å². The summed E-state index contributed by atoms with van der Waals surface area (Å²) in [6.07, 6.45) is 4.32. The molecular formula is C15H19NOS. The molecule has 18 heavy (non-hydrogen) atoms. The van der Waals surface area contributed by atoms with Gasteiger partial charge in [0.2, 0.25) is 0 Å². The van der Waals surface area contributed by atoms with Crippen LogP contribution in [0.2, 0.25) is 0 Å². The molecule has 0 spiro atoms. The zero-order valence-electron chi connectivity index (χ0n) is 10.7. The molecule has 0 unspecified atom stereocenters. The van der Waals surface area contributed by atoms with Crippen LogP contribution in [0.4, 0.5) is 0 Å². The van der Waals surface area contributed by atoms with Crippen molar-refractivity contribution >= 4 is 21.4 Å². The van der Waals surface area contributed by atoms with Gasteiger partial charge in [-0.05, 0) is 37.8 Å². The minimum atomic E-state index is 0.506.